The van der Waals surface area contributed by atoms with Crippen molar-refractivity contribution in [3.8, 4) is 11.5 Å². The number of fused-ring (bicyclic) bond motifs is 1. The second kappa shape index (κ2) is 5.89. The number of allylic oxidation sites excluding steroid dienone is 1. The van der Waals surface area contributed by atoms with Crippen molar-refractivity contribution >= 4 is 17.7 Å². The summed E-state index contributed by atoms with van der Waals surface area (Å²) in [7, 11) is 0. The third-order valence-electron chi connectivity index (χ3n) is 7.30. The van der Waals surface area contributed by atoms with Crippen molar-refractivity contribution in [2.24, 2.45) is 29.2 Å². The highest BCUT2D eigenvalue weighted by molar-refractivity contribution is 5.90. The molecule has 2 aromatic heterocycles. The molecule has 2 aromatic rings. The predicted molar refractivity (Wildman–Crippen MR) is 107 cm³/mol. The lowest BCUT2D eigenvalue weighted by Gasteiger charge is -2.59. The highest BCUT2D eigenvalue weighted by Gasteiger charge is 2.54. The van der Waals surface area contributed by atoms with Gasteiger partial charge in [0.1, 0.15) is 0 Å². The van der Waals surface area contributed by atoms with E-state index in [4.69, 9.17) is 16.0 Å². The Morgan fingerprint density at radius 3 is 2.72 bits per heavy atom. The first-order valence-corrected chi connectivity index (χ1v) is 10.4. The second-order valence-electron chi connectivity index (χ2n) is 9.30. The molecular weight excluding hydrogens is 368 g/mol. The molecule has 0 radical (unpaired) electrons. The fourth-order valence-electron chi connectivity index (χ4n) is 6.44. The maximum atomic E-state index is 11.4. The van der Waals surface area contributed by atoms with Crippen molar-refractivity contribution in [2.75, 3.05) is 5.32 Å². The molecule has 0 aromatic carbocycles. The lowest BCUT2D eigenvalue weighted by atomic mass is 9.51. The highest BCUT2D eigenvalue weighted by Crippen LogP contribution is 2.55. The van der Waals surface area contributed by atoms with Gasteiger partial charge in [0.05, 0.1) is 16.9 Å². The van der Waals surface area contributed by atoms with Crippen LogP contribution in [0.5, 0.6) is 0 Å². The molecule has 8 nitrogen and oxygen atoms in total. The van der Waals surface area contributed by atoms with E-state index < -0.39 is 5.91 Å². The third kappa shape index (κ3) is 2.62. The van der Waals surface area contributed by atoms with E-state index >= 15 is 0 Å². The Kier molecular flexibility index (Phi) is 3.48. The minimum absolute atomic E-state index is 0.0283. The van der Waals surface area contributed by atoms with Crippen molar-refractivity contribution in [1.82, 2.24) is 15.1 Å². The summed E-state index contributed by atoms with van der Waals surface area (Å²) in [6.45, 7) is 0. The maximum Gasteiger partial charge on any atom is 0.290 e. The first-order valence-electron chi connectivity index (χ1n) is 10.4. The number of primary amides is 1. The zero-order valence-electron chi connectivity index (χ0n) is 16.1. The molecule has 2 unspecified atom stereocenters. The van der Waals surface area contributed by atoms with Gasteiger partial charge in [-0.1, -0.05) is 17.3 Å². The quantitative estimate of drug-likeness (QED) is 0.726. The fraction of sp³-hybridized carbons (Fsp3) is 0.524. The molecule has 8 heteroatoms. The molecule has 5 aliphatic rings. The lowest BCUT2D eigenvalue weighted by molar-refractivity contribution is -0.0107. The molecule has 7 rings (SSSR count). The van der Waals surface area contributed by atoms with Gasteiger partial charge < -0.3 is 21.3 Å². The summed E-state index contributed by atoms with van der Waals surface area (Å²) in [5, 5.41) is 7.56. The van der Waals surface area contributed by atoms with E-state index in [1.54, 1.807) is 6.20 Å². The van der Waals surface area contributed by atoms with Crippen LogP contribution in [0.1, 0.15) is 54.0 Å². The van der Waals surface area contributed by atoms with Crippen LogP contribution in [0.25, 0.3) is 17.5 Å². The fourth-order valence-corrected chi connectivity index (χ4v) is 6.44. The lowest BCUT2D eigenvalue weighted by Crippen LogP contribution is -2.62. The van der Waals surface area contributed by atoms with E-state index in [-0.39, 0.29) is 17.3 Å². The van der Waals surface area contributed by atoms with Crippen LogP contribution in [-0.2, 0) is 6.42 Å². The van der Waals surface area contributed by atoms with E-state index in [1.165, 1.54) is 19.3 Å². The highest BCUT2D eigenvalue weighted by atomic mass is 16.5. The number of amides is 1. The van der Waals surface area contributed by atoms with Crippen LogP contribution in [0.15, 0.2) is 16.8 Å². The Labute approximate surface area is 168 Å². The first kappa shape index (κ1) is 17.1. The average Bonchev–Trinajstić information content (AvgIpc) is 3.32. The minimum Gasteiger partial charge on any atom is -0.381 e. The molecule has 0 spiro atoms. The largest absolute Gasteiger partial charge is 0.381 e. The van der Waals surface area contributed by atoms with Gasteiger partial charge in [-0.15, -0.1) is 0 Å². The Hall–Kier alpha value is -2.74. The van der Waals surface area contributed by atoms with Gasteiger partial charge in [0.2, 0.25) is 0 Å². The molecule has 0 saturated heterocycles. The number of carbonyl (C=O) groups is 1. The van der Waals surface area contributed by atoms with Crippen molar-refractivity contribution in [3.63, 3.8) is 0 Å². The number of nitrogens with zero attached hydrogens (tertiary/aromatic N) is 3. The van der Waals surface area contributed by atoms with Crippen LogP contribution in [-0.4, -0.2) is 32.6 Å². The number of anilines is 1. The van der Waals surface area contributed by atoms with Gasteiger partial charge in [-0.2, -0.15) is 4.98 Å². The second-order valence-corrected chi connectivity index (χ2v) is 9.30. The SMILES string of the molecule is NC(=O)c1noc(-c2cnc3c(c2NC2C4CC5CC2CC(N)(C5)C4)C=CC3)n1. The van der Waals surface area contributed by atoms with E-state index in [2.05, 4.69) is 32.6 Å². The van der Waals surface area contributed by atoms with Crippen LogP contribution in [0.4, 0.5) is 5.69 Å². The number of pyridine rings is 1. The van der Waals surface area contributed by atoms with Crippen LogP contribution in [0, 0.1) is 17.8 Å². The predicted octanol–water partition coefficient (Wildman–Crippen LogP) is 2.12. The summed E-state index contributed by atoms with van der Waals surface area (Å²) in [4.78, 5) is 20.2. The van der Waals surface area contributed by atoms with Crippen molar-refractivity contribution in [1.29, 1.82) is 0 Å². The smallest absolute Gasteiger partial charge is 0.290 e. The summed E-state index contributed by atoms with van der Waals surface area (Å²) in [5.74, 6) is 1.36. The number of aromatic nitrogens is 3. The summed E-state index contributed by atoms with van der Waals surface area (Å²) in [5.41, 5.74) is 15.8. The van der Waals surface area contributed by atoms with Gasteiger partial charge in [-0.25, -0.2) is 0 Å². The molecule has 4 bridgehead atoms. The summed E-state index contributed by atoms with van der Waals surface area (Å²) >= 11 is 0. The van der Waals surface area contributed by atoms with Crippen LogP contribution in [0.2, 0.25) is 0 Å². The van der Waals surface area contributed by atoms with Crippen molar-refractivity contribution < 1.29 is 9.32 Å². The first-order chi connectivity index (χ1) is 14.0. The van der Waals surface area contributed by atoms with Crippen LogP contribution < -0.4 is 16.8 Å². The van der Waals surface area contributed by atoms with Crippen molar-refractivity contribution in [2.45, 2.75) is 50.1 Å². The van der Waals surface area contributed by atoms with Crippen LogP contribution in [0.3, 0.4) is 0 Å². The van der Waals surface area contributed by atoms with E-state index in [0.717, 1.165) is 42.1 Å². The molecule has 2 atom stereocenters. The molecule has 150 valence electrons. The number of nitrogens with two attached hydrogens (primary N) is 2. The number of carbonyl (C=O) groups excluding carboxylic acids is 1. The Bertz CT molecular complexity index is 1030. The summed E-state index contributed by atoms with van der Waals surface area (Å²) in [6.07, 6.45) is 12.6. The minimum atomic E-state index is -0.710. The number of hydrogen-bond donors (Lipinski definition) is 3. The molecule has 4 saturated carbocycles. The van der Waals surface area contributed by atoms with E-state index in [0.29, 0.717) is 23.4 Å². The molecule has 1 amide bonds. The molecule has 29 heavy (non-hydrogen) atoms. The van der Waals surface area contributed by atoms with Gasteiger partial charge >= 0.3 is 0 Å². The molecule has 0 aliphatic heterocycles. The zero-order chi connectivity index (χ0) is 19.8. The summed E-state index contributed by atoms with van der Waals surface area (Å²) in [6, 6.07) is 0.376. The van der Waals surface area contributed by atoms with E-state index in [9.17, 15) is 4.79 Å². The Morgan fingerprint density at radius 2 is 2.03 bits per heavy atom. The molecule has 4 fully saturated rings. The Balaban J connectivity index is 1.40. The monoisotopic (exact) mass is 392 g/mol. The molecule has 5 aliphatic carbocycles. The van der Waals surface area contributed by atoms with E-state index in [1.807, 2.05) is 0 Å². The zero-order valence-corrected chi connectivity index (χ0v) is 16.1. The summed E-state index contributed by atoms with van der Waals surface area (Å²) < 4.78 is 5.35. The van der Waals surface area contributed by atoms with Gasteiger partial charge in [-0.05, 0) is 49.9 Å². The normalized spacial score (nSPS) is 33.8. The maximum absolute atomic E-state index is 11.4. The third-order valence-corrected chi connectivity index (χ3v) is 7.30. The van der Waals surface area contributed by atoms with Gasteiger partial charge in [0.25, 0.3) is 17.6 Å². The molecular formula is C21H24N6O2. The van der Waals surface area contributed by atoms with Crippen molar-refractivity contribution in [3.05, 3.63) is 29.4 Å². The topological polar surface area (TPSA) is 133 Å². The van der Waals surface area contributed by atoms with Gasteiger partial charge in [-0.3, -0.25) is 9.78 Å². The van der Waals surface area contributed by atoms with Gasteiger partial charge in [0, 0.05) is 29.8 Å². The Morgan fingerprint density at radius 1 is 1.24 bits per heavy atom. The number of hydrogen-bond acceptors (Lipinski definition) is 7. The molecule has 2 heterocycles. The van der Waals surface area contributed by atoms with Crippen LogP contribution >= 0.6 is 0 Å². The number of rotatable bonds is 4. The number of nitrogens with one attached hydrogen (secondary N) is 1. The van der Waals surface area contributed by atoms with Gasteiger partial charge in [0.15, 0.2) is 0 Å². The standard InChI is InChI=1S/C21H24N6O2/c22-18(28)19-26-20(29-27-19)14-9-24-15-3-1-2-13(15)17(14)25-16-11-4-10-5-12(16)8-21(23,6-10)7-11/h1-2,9-12,16H,3-8,23H2,(H2,22,28)(H,24,25). The average molecular weight is 392 g/mol. The molecule has 5 N–H and O–H groups in total.